The van der Waals surface area contributed by atoms with E-state index in [1.54, 1.807) is 10.9 Å². The van der Waals surface area contributed by atoms with Crippen molar-refractivity contribution in [2.24, 2.45) is 0 Å². The quantitative estimate of drug-likeness (QED) is 0.579. The van der Waals surface area contributed by atoms with Gasteiger partial charge in [-0.2, -0.15) is 23.1 Å². The molecule has 0 saturated carbocycles. The zero-order valence-corrected chi connectivity index (χ0v) is 13.4. The molecule has 9 heteroatoms. The first-order valence-corrected chi connectivity index (χ1v) is 7.55. The fourth-order valence-electron chi connectivity index (χ4n) is 2.54. The summed E-state index contributed by atoms with van der Waals surface area (Å²) in [6.45, 7) is 2.92. The molecule has 3 aromatic rings. The first-order valence-electron chi connectivity index (χ1n) is 7.17. The number of aromatic nitrogens is 4. The predicted molar refractivity (Wildman–Crippen MR) is 83.4 cm³/mol. The van der Waals surface area contributed by atoms with E-state index in [0.717, 1.165) is 12.1 Å². The van der Waals surface area contributed by atoms with E-state index in [9.17, 15) is 13.2 Å². The molecule has 0 fully saturated rings. The molecular weight excluding hydrogens is 343 g/mol. The third kappa shape index (κ3) is 3.01. The van der Waals surface area contributed by atoms with Gasteiger partial charge in [0.25, 0.3) is 5.65 Å². The predicted octanol–water partition coefficient (Wildman–Crippen LogP) is 3.04. The van der Waals surface area contributed by atoms with Gasteiger partial charge < -0.3 is 5.73 Å². The number of nitrogen functional groups attached to an aromatic ring is 1. The highest BCUT2D eigenvalue weighted by Crippen LogP contribution is 2.29. The molecular formula is C15H14ClF3N5+. The monoisotopic (exact) mass is 356 g/mol. The maximum atomic E-state index is 12.6. The Morgan fingerprint density at radius 1 is 1.21 bits per heavy atom. The SMILES string of the molecule is CCn1c[n+](Cc2ccc(C(F)(F)F)cc2)c2c(N)nc(Cl)nc21. The summed E-state index contributed by atoms with van der Waals surface area (Å²) in [6, 6.07) is 5.01. The van der Waals surface area contributed by atoms with Crippen LogP contribution in [0.3, 0.4) is 0 Å². The molecule has 0 atom stereocenters. The lowest BCUT2D eigenvalue weighted by molar-refractivity contribution is -0.662. The number of hydrogen-bond acceptors (Lipinski definition) is 3. The van der Waals surface area contributed by atoms with Crippen LogP contribution in [0.1, 0.15) is 18.1 Å². The molecule has 2 N–H and O–H groups in total. The molecule has 2 heterocycles. The van der Waals surface area contributed by atoms with Crippen LogP contribution >= 0.6 is 11.6 Å². The minimum absolute atomic E-state index is 0.0504. The van der Waals surface area contributed by atoms with Gasteiger partial charge in [-0.15, -0.1) is 0 Å². The van der Waals surface area contributed by atoms with Gasteiger partial charge >= 0.3 is 6.18 Å². The van der Waals surface area contributed by atoms with Gasteiger partial charge in [0.15, 0.2) is 5.82 Å². The molecule has 0 amide bonds. The van der Waals surface area contributed by atoms with E-state index in [1.165, 1.54) is 12.1 Å². The molecule has 0 radical (unpaired) electrons. The number of aryl methyl sites for hydroxylation is 1. The lowest BCUT2D eigenvalue weighted by Gasteiger charge is -2.07. The third-order valence-corrected chi connectivity index (χ3v) is 3.85. The molecule has 2 aromatic heterocycles. The van der Waals surface area contributed by atoms with Crippen LogP contribution in [0.25, 0.3) is 11.2 Å². The van der Waals surface area contributed by atoms with Crippen molar-refractivity contribution < 1.29 is 17.7 Å². The van der Waals surface area contributed by atoms with Crippen LogP contribution in [0.4, 0.5) is 19.0 Å². The van der Waals surface area contributed by atoms with Gasteiger partial charge in [-0.1, -0.05) is 12.1 Å². The molecule has 0 unspecified atom stereocenters. The van der Waals surface area contributed by atoms with Crippen LogP contribution in [-0.2, 0) is 19.3 Å². The van der Waals surface area contributed by atoms with E-state index in [1.807, 2.05) is 11.5 Å². The summed E-state index contributed by atoms with van der Waals surface area (Å²) in [6.07, 6.45) is -2.55. The zero-order valence-electron chi connectivity index (χ0n) is 12.7. The number of imidazole rings is 1. The normalized spacial score (nSPS) is 12.0. The van der Waals surface area contributed by atoms with E-state index < -0.39 is 11.7 Å². The van der Waals surface area contributed by atoms with Crippen molar-refractivity contribution in [3.8, 4) is 0 Å². The molecule has 3 rings (SSSR count). The summed E-state index contributed by atoms with van der Waals surface area (Å²) >= 11 is 5.85. The first-order chi connectivity index (χ1) is 11.3. The van der Waals surface area contributed by atoms with Crippen LogP contribution in [0, 0.1) is 0 Å². The summed E-state index contributed by atoms with van der Waals surface area (Å²) in [5.74, 6) is 0.226. The third-order valence-electron chi connectivity index (χ3n) is 3.68. The van der Waals surface area contributed by atoms with Gasteiger partial charge in [-0.25, -0.2) is 9.13 Å². The fourth-order valence-corrected chi connectivity index (χ4v) is 2.71. The number of nitrogens with zero attached hydrogens (tertiary/aromatic N) is 4. The fraction of sp³-hybridized carbons (Fsp3) is 0.267. The topological polar surface area (TPSA) is 60.6 Å². The van der Waals surface area contributed by atoms with Crippen molar-refractivity contribution in [2.75, 3.05) is 5.73 Å². The molecule has 0 aliphatic heterocycles. The van der Waals surface area contributed by atoms with Gasteiger partial charge in [-0.05, 0) is 36.2 Å². The Morgan fingerprint density at radius 2 is 1.88 bits per heavy atom. The van der Waals surface area contributed by atoms with Crippen molar-refractivity contribution in [3.63, 3.8) is 0 Å². The number of halogens is 4. The van der Waals surface area contributed by atoms with E-state index >= 15 is 0 Å². The molecule has 24 heavy (non-hydrogen) atoms. The Labute approximate surface area is 140 Å². The second kappa shape index (κ2) is 5.94. The number of hydrogen-bond donors (Lipinski definition) is 1. The number of fused-ring (bicyclic) bond motifs is 1. The average molecular weight is 357 g/mol. The van der Waals surface area contributed by atoms with E-state index in [4.69, 9.17) is 17.3 Å². The zero-order chi connectivity index (χ0) is 17.5. The summed E-state index contributed by atoms with van der Waals surface area (Å²) in [5, 5.41) is 0.0504. The van der Waals surface area contributed by atoms with E-state index in [-0.39, 0.29) is 11.1 Å². The minimum Gasteiger partial charge on any atom is -0.380 e. The summed E-state index contributed by atoms with van der Waals surface area (Å²) < 4.78 is 41.6. The molecule has 0 spiro atoms. The van der Waals surface area contributed by atoms with Gasteiger partial charge in [0.1, 0.15) is 6.54 Å². The van der Waals surface area contributed by atoms with Crippen molar-refractivity contribution in [2.45, 2.75) is 26.2 Å². The average Bonchev–Trinajstić information content (AvgIpc) is 2.84. The molecule has 126 valence electrons. The second-order valence-electron chi connectivity index (χ2n) is 5.27. The summed E-state index contributed by atoms with van der Waals surface area (Å²) in [7, 11) is 0. The van der Waals surface area contributed by atoms with Gasteiger partial charge in [0, 0.05) is 0 Å². The van der Waals surface area contributed by atoms with Crippen molar-refractivity contribution >= 4 is 28.6 Å². The van der Waals surface area contributed by atoms with Gasteiger partial charge in [0.05, 0.1) is 12.1 Å². The number of alkyl halides is 3. The number of rotatable bonds is 3. The lowest BCUT2D eigenvalue weighted by Crippen LogP contribution is -2.33. The highest BCUT2D eigenvalue weighted by molar-refractivity contribution is 6.28. The number of anilines is 1. The van der Waals surface area contributed by atoms with Gasteiger partial charge in [-0.3, -0.25) is 0 Å². The first kappa shape index (κ1) is 16.5. The Hall–Kier alpha value is -2.35. The highest BCUT2D eigenvalue weighted by atomic mass is 35.5. The van der Waals surface area contributed by atoms with Crippen LogP contribution in [0.5, 0.6) is 0 Å². The molecule has 0 bridgehead atoms. The van der Waals surface area contributed by atoms with Gasteiger partial charge in [0.2, 0.25) is 17.1 Å². The maximum Gasteiger partial charge on any atom is 0.416 e. The largest absolute Gasteiger partial charge is 0.416 e. The maximum absolute atomic E-state index is 12.6. The van der Waals surface area contributed by atoms with Crippen LogP contribution in [0.15, 0.2) is 30.6 Å². The van der Waals surface area contributed by atoms with E-state index in [2.05, 4.69) is 9.97 Å². The Bertz CT molecular complexity index is 887. The van der Waals surface area contributed by atoms with Crippen molar-refractivity contribution in [1.29, 1.82) is 0 Å². The Balaban J connectivity index is 2.01. The highest BCUT2D eigenvalue weighted by Gasteiger charge is 2.30. The van der Waals surface area contributed by atoms with Crippen molar-refractivity contribution in [1.82, 2.24) is 14.5 Å². The smallest absolute Gasteiger partial charge is 0.380 e. The summed E-state index contributed by atoms with van der Waals surface area (Å²) in [5.41, 5.74) is 7.15. The lowest BCUT2D eigenvalue weighted by atomic mass is 10.1. The molecule has 0 saturated heterocycles. The van der Waals surface area contributed by atoms with Crippen LogP contribution in [0.2, 0.25) is 5.28 Å². The summed E-state index contributed by atoms with van der Waals surface area (Å²) in [4.78, 5) is 8.13. The number of benzene rings is 1. The standard InChI is InChI=1S/C15H14ClF3N5/c1-2-23-8-24(11-12(20)21-14(16)22-13(11)23)7-9-3-5-10(6-4-9)15(17,18)19/h3-6,8H,2,7H2,1H3,(H2,20,21,22)/q+1. The van der Waals surface area contributed by atoms with E-state index in [0.29, 0.717) is 29.8 Å². The molecule has 5 nitrogen and oxygen atoms in total. The minimum atomic E-state index is -4.35. The van der Waals surface area contributed by atoms with Crippen LogP contribution < -0.4 is 10.3 Å². The Kier molecular flexibility index (Phi) is 4.08. The Morgan fingerprint density at radius 3 is 2.46 bits per heavy atom. The molecule has 1 aromatic carbocycles. The second-order valence-corrected chi connectivity index (χ2v) is 5.61. The van der Waals surface area contributed by atoms with Crippen molar-refractivity contribution in [3.05, 3.63) is 47.0 Å². The molecule has 0 aliphatic carbocycles. The molecule has 0 aliphatic rings. The van der Waals surface area contributed by atoms with Crippen LogP contribution in [-0.4, -0.2) is 14.5 Å². The number of nitrogens with two attached hydrogens (primary N) is 1.